The first-order chi connectivity index (χ1) is 7.72. The Hall–Kier alpha value is -1.55. The monoisotopic (exact) mass is 278 g/mol. The molecule has 0 aliphatic rings. The van der Waals surface area contributed by atoms with E-state index in [1.54, 1.807) is 13.3 Å². The molecule has 0 spiro atoms. The number of pyridine rings is 1. The molecule has 4 heteroatoms. The number of nitrogen functional groups attached to an aromatic ring is 1. The molecule has 1 heterocycles. The third-order valence-electron chi connectivity index (χ3n) is 2.26. The van der Waals surface area contributed by atoms with Gasteiger partial charge in [-0.3, -0.25) is 0 Å². The Morgan fingerprint density at radius 3 is 2.69 bits per heavy atom. The van der Waals surface area contributed by atoms with Gasteiger partial charge in [-0.05, 0) is 17.7 Å². The SMILES string of the molecule is COc1ncc(-c2ccccc2Br)cc1N. The van der Waals surface area contributed by atoms with Gasteiger partial charge >= 0.3 is 0 Å². The molecule has 1 aromatic heterocycles. The minimum absolute atomic E-state index is 0.454. The molecule has 0 atom stereocenters. The van der Waals surface area contributed by atoms with Crippen LogP contribution >= 0.6 is 15.9 Å². The number of anilines is 1. The summed E-state index contributed by atoms with van der Waals surface area (Å²) in [7, 11) is 1.55. The summed E-state index contributed by atoms with van der Waals surface area (Å²) in [6, 6.07) is 9.78. The van der Waals surface area contributed by atoms with Gasteiger partial charge in [-0.25, -0.2) is 4.98 Å². The van der Waals surface area contributed by atoms with E-state index in [-0.39, 0.29) is 0 Å². The molecular weight excluding hydrogens is 268 g/mol. The van der Waals surface area contributed by atoms with Crippen molar-refractivity contribution in [3.63, 3.8) is 0 Å². The fourth-order valence-corrected chi connectivity index (χ4v) is 2.00. The fraction of sp³-hybridized carbons (Fsp3) is 0.0833. The molecule has 82 valence electrons. The fourth-order valence-electron chi connectivity index (χ4n) is 1.48. The number of benzene rings is 1. The molecule has 2 N–H and O–H groups in total. The van der Waals surface area contributed by atoms with Crippen molar-refractivity contribution >= 4 is 21.6 Å². The van der Waals surface area contributed by atoms with Crippen LogP contribution in [0.5, 0.6) is 5.88 Å². The second-order valence-electron chi connectivity index (χ2n) is 3.30. The van der Waals surface area contributed by atoms with Crippen LogP contribution in [0.2, 0.25) is 0 Å². The van der Waals surface area contributed by atoms with Gasteiger partial charge in [-0.2, -0.15) is 0 Å². The Bertz CT molecular complexity index is 514. The molecule has 2 rings (SSSR count). The molecule has 1 aromatic carbocycles. The van der Waals surface area contributed by atoms with E-state index >= 15 is 0 Å². The lowest BCUT2D eigenvalue weighted by molar-refractivity contribution is 0.400. The maximum Gasteiger partial charge on any atom is 0.236 e. The van der Waals surface area contributed by atoms with Gasteiger partial charge in [0.1, 0.15) is 0 Å². The zero-order valence-electron chi connectivity index (χ0n) is 8.77. The molecule has 0 radical (unpaired) electrons. The van der Waals surface area contributed by atoms with Gasteiger partial charge in [0.05, 0.1) is 12.8 Å². The molecule has 0 aliphatic heterocycles. The first kappa shape index (κ1) is 11.0. The molecule has 0 aliphatic carbocycles. The number of aromatic nitrogens is 1. The number of hydrogen-bond donors (Lipinski definition) is 1. The maximum atomic E-state index is 5.82. The van der Waals surface area contributed by atoms with E-state index < -0.39 is 0 Å². The zero-order valence-corrected chi connectivity index (χ0v) is 10.4. The summed E-state index contributed by atoms with van der Waals surface area (Å²) in [6.07, 6.45) is 1.75. The topological polar surface area (TPSA) is 48.1 Å². The van der Waals surface area contributed by atoms with Crippen LogP contribution in [0.15, 0.2) is 41.0 Å². The highest BCUT2D eigenvalue weighted by Gasteiger charge is 2.06. The number of hydrogen-bond acceptors (Lipinski definition) is 3. The van der Waals surface area contributed by atoms with Crippen molar-refractivity contribution in [3.05, 3.63) is 41.0 Å². The molecular formula is C12H11BrN2O. The third kappa shape index (κ3) is 2.02. The van der Waals surface area contributed by atoms with Gasteiger partial charge in [0.25, 0.3) is 0 Å². The van der Waals surface area contributed by atoms with Crippen molar-refractivity contribution in [3.8, 4) is 17.0 Å². The molecule has 0 fully saturated rings. The van der Waals surface area contributed by atoms with Crippen LogP contribution in [-0.4, -0.2) is 12.1 Å². The summed E-state index contributed by atoms with van der Waals surface area (Å²) in [4.78, 5) is 4.15. The van der Waals surface area contributed by atoms with Crippen molar-refractivity contribution in [1.82, 2.24) is 4.98 Å². The predicted molar refractivity (Wildman–Crippen MR) is 68.3 cm³/mol. The third-order valence-corrected chi connectivity index (χ3v) is 2.95. The molecule has 3 nitrogen and oxygen atoms in total. The smallest absolute Gasteiger partial charge is 0.236 e. The van der Waals surface area contributed by atoms with Gasteiger partial charge in [0, 0.05) is 16.2 Å². The normalized spacial score (nSPS) is 10.1. The van der Waals surface area contributed by atoms with E-state index in [1.807, 2.05) is 30.3 Å². The number of nitrogens with zero attached hydrogens (tertiary/aromatic N) is 1. The van der Waals surface area contributed by atoms with E-state index in [1.165, 1.54) is 0 Å². The minimum Gasteiger partial charge on any atom is -0.480 e. The second-order valence-corrected chi connectivity index (χ2v) is 4.16. The average Bonchev–Trinajstić information content (AvgIpc) is 2.29. The summed E-state index contributed by atoms with van der Waals surface area (Å²) in [5.74, 6) is 0.454. The van der Waals surface area contributed by atoms with Crippen LogP contribution in [-0.2, 0) is 0 Å². The molecule has 0 unspecified atom stereocenters. The van der Waals surface area contributed by atoms with Gasteiger partial charge in [-0.15, -0.1) is 0 Å². The van der Waals surface area contributed by atoms with E-state index in [4.69, 9.17) is 10.5 Å². The zero-order chi connectivity index (χ0) is 11.5. The predicted octanol–water partition coefficient (Wildman–Crippen LogP) is 3.10. The second kappa shape index (κ2) is 4.53. The Kier molecular flexibility index (Phi) is 3.10. The van der Waals surface area contributed by atoms with Crippen molar-refractivity contribution in [2.45, 2.75) is 0 Å². The van der Waals surface area contributed by atoms with E-state index in [0.29, 0.717) is 11.6 Å². The van der Waals surface area contributed by atoms with Crippen molar-refractivity contribution in [2.24, 2.45) is 0 Å². The quantitative estimate of drug-likeness (QED) is 0.918. The first-order valence-corrected chi connectivity index (χ1v) is 5.56. The first-order valence-electron chi connectivity index (χ1n) is 4.77. The number of nitrogens with two attached hydrogens (primary N) is 1. The van der Waals surface area contributed by atoms with Gasteiger partial charge < -0.3 is 10.5 Å². The lowest BCUT2D eigenvalue weighted by atomic mass is 10.1. The van der Waals surface area contributed by atoms with Crippen LogP contribution < -0.4 is 10.5 Å². The largest absolute Gasteiger partial charge is 0.480 e. The summed E-state index contributed by atoms with van der Waals surface area (Å²) in [5, 5.41) is 0. The van der Waals surface area contributed by atoms with Gasteiger partial charge in [-0.1, -0.05) is 34.1 Å². The van der Waals surface area contributed by atoms with Crippen LogP contribution in [0.3, 0.4) is 0 Å². The van der Waals surface area contributed by atoms with Crippen molar-refractivity contribution in [1.29, 1.82) is 0 Å². The Morgan fingerprint density at radius 1 is 1.31 bits per heavy atom. The molecule has 16 heavy (non-hydrogen) atoms. The number of methoxy groups -OCH3 is 1. The van der Waals surface area contributed by atoms with Crippen LogP contribution in [0.1, 0.15) is 0 Å². The minimum atomic E-state index is 0.454. The van der Waals surface area contributed by atoms with Crippen LogP contribution in [0.25, 0.3) is 11.1 Å². The summed E-state index contributed by atoms with van der Waals surface area (Å²) < 4.78 is 6.03. The van der Waals surface area contributed by atoms with Crippen LogP contribution in [0.4, 0.5) is 5.69 Å². The van der Waals surface area contributed by atoms with Crippen LogP contribution in [0, 0.1) is 0 Å². The summed E-state index contributed by atoms with van der Waals surface area (Å²) >= 11 is 3.49. The average molecular weight is 279 g/mol. The van der Waals surface area contributed by atoms with Gasteiger partial charge in [0.2, 0.25) is 5.88 Å². The van der Waals surface area contributed by atoms with E-state index in [9.17, 15) is 0 Å². The van der Waals surface area contributed by atoms with Crippen molar-refractivity contribution in [2.75, 3.05) is 12.8 Å². The maximum absolute atomic E-state index is 5.82. The lowest BCUT2D eigenvalue weighted by Gasteiger charge is -2.07. The number of ether oxygens (including phenoxy) is 1. The molecule has 2 aromatic rings. The molecule has 0 amide bonds. The van der Waals surface area contributed by atoms with Gasteiger partial charge in [0.15, 0.2) is 0 Å². The summed E-state index contributed by atoms with van der Waals surface area (Å²) in [6.45, 7) is 0. The number of halogens is 1. The van der Waals surface area contributed by atoms with E-state index in [0.717, 1.165) is 15.6 Å². The lowest BCUT2D eigenvalue weighted by Crippen LogP contribution is -1.95. The standard InChI is InChI=1S/C12H11BrN2O/c1-16-12-11(14)6-8(7-15-12)9-4-2-3-5-10(9)13/h2-7H,14H2,1H3. The molecule has 0 bridgehead atoms. The Balaban J connectivity index is 2.50. The Labute approximate surface area is 102 Å². The number of rotatable bonds is 2. The molecule has 0 saturated heterocycles. The van der Waals surface area contributed by atoms with E-state index in [2.05, 4.69) is 20.9 Å². The highest BCUT2D eigenvalue weighted by atomic mass is 79.9. The summed E-state index contributed by atoms with van der Waals surface area (Å²) in [5.41, 5.74) is 8.38. The molecule has 0 saturated carbocycles. The highest BCUT2D eigenvalue weighted by molar-refractivity contribution is 9.10. The van der Waals surface area contributed by atoms with Crippen molar-refractivity contribution < 1.29 is 4.74 Å². The highest BCUT2D eigenvalue weighted by Crippen LogP contribution is 2.30. The Morgan fingerprint density at radius 2 is 2.06 bits per heavy atom.